The third-order valence-corrected chi connectivity index (χ3v) is 6.81. The maximum absolute atomic E-state index is 12.4. The molecule has 1 aromatic rings. The van der Waals surface area contributed by atoms with Gasteiger partial charge in [-0.05, 0) is 36.8 Å². The zero-order chi connectivity index (χ0) is 15.0. The first-order valence-electron chi connectivity index (χ1n) is 6.44. The van der Waals surface area contributed by atoms with Crippen LogP contribution in [0.1, 0.15) is 32.6 Å². The fourth-order valence-electron chi connectivity index (χ4n) is 2.44. The smallest absolute Gasteiger partial charge is 0.211 e. The molecule has 0 radical (unpaired) electrons. The second kappa shape index (κ2) is 6.13. The van der Waals surface area contributed by atoms with Gasteiger partial charge >= 0.3 is 0 Å². The highest BCUT2D eigenvalue weighted by atomic mass is 79.9. The van der Waals surface area contributed by atoms with Gasteiger partial charge in [-0.15, -0.1) is 0 Å². The third-order valence-electron chi connectivity index (χ3n) is 4.03. The van der Waals surface area contributed by atoms with Gasteiger partial charge in [0.15, 0.2) is 0 Å². The number of rotatable bonds is 5. The average molecular weight is 401 g/mol. The number of sulfonamides is 1. The minimum absolute atomic E-state index is 0.0467. The predicted molar refractivity (Wildman–Crippen MR) is 85.9 cm³/mol. The highest BCUT2D eigenvalue weighted by Crippen LogP contribution is 2.43. The van der Waals surface area contributed by atoms with E-state index < -0.39 is 10.0 Å². The Morgan fingerprint density at radius 3 is 2.25 bits per heavy atom. The van der Waals surface area contributed by atoms with Crippen LogP contribution in [-0.4, -0.2) is 15.0 Å². The number of hydrogen-bond acceptors (Lipinski definition) is 2. The van der Waals surface area contributed by atoms with Gasteiger partial charge in [0.1, 0.15) is 4.90 Å². The van der Waals surface area contributed by atoms with Crippen LogP contribution in [-0.2, 0) is 10.0 Å². The van der Waals surface area contributed by atoms with Crippen LogP contribution in [0.5, 0.6) is 0 Å². The van der Waals surface area contributed by atoms with Gasteiger partial charge in [-0.1, -0.05) is 52.5 Å². The van der Waals surface area contributed by atoms with Crippen molar-refractivity contribution in [3.05, 3.63) is 26.7 Å². The van der Waals surface area contributed by atoms with Gasteiger partial charge in [0.2, 0.25) is 10.0 Å². The summed E-state index contributed by atoms with van der Waals surface area (Å²) >= 11 is 15.3. The molecule has 1 aliphatic carbocycles. The topological polar surface area (TPSA) is 46.2 Å². The minimum Gasteiger partial charge on any atom is -0.211 e. The molecule has 7 heteroatoms. The predicted octanol–water partition coefficient (Wildman–Crippen LogP) is 4.61. The normalized spacial score (nSPS) is 17.8. The van der Waals surface area contributed by atoms with Crippen molar-refractivity contribution in [3.63, 3.8) is 0 Å². The molecule has 3 nitrogen and oxygen atoms in total. The summed E-state index contributed by atoms with van der Waals surface area (Å²) in [4.78, 5) is -0.0467. The lowest BCUT2D eigenvalue weighted by Gasteiger charge is -2.41. The van der Waals surface area contributed by atoms with Crippen LogP contribution in [0.4, 0.5) is 0 Å². The molecule has 112 valence electrons. The van der Waals surface area contributed by atoms with E-state index in [0.717, 1.165) is 25.7 Å². The van der Waals surface area contributed by atoms with Gasteiger partial charge in [-0.3, -0.25) is 0 Å². The summed E-state index contributed by atoms with van der Waals surface area (Å²) in [6, 6.07) is 3.06. The van der Waals surface area contributed by atoms with Crippen LogP contribution in [0.3, 0.4) is 0 Å². The summed E-state index contributed by atoms with van der Waals surface area (Å²) in [6.07, 6.45) is 4.26. The van der Waals surface area contributed by atoms with E-state index in [1.54, 1.807) is 0 Å². The summed E-state index contributed by atoms with van der Waals surface area (Å²) in [7, 11) is -3.69. The molecule has 20 heavy (non-hydrogen) atoms. The molecule has 0 amide bonds. The molecule has 0 saturated heterocycles. The Bertz CT molecular complexity index is 586. The lowest BCUT2D eigenvalue weighted by atomic mass is 9.67. The largest absolute Gasteiger partial charge is 0.243 e. The maximum atomic E-state index is 12.4. The molecular formula is C13H16BrCl2NO2S. The van der Waals surface area contributed by atoms with Crippen molar-refractivity contribution < 1.29 is 8.42 Å². The molecule has 1 fully saturated rings. The van der Waals surface area contributed by atoms with E-state index >= 15 is 0 Å². The highest BCUT2D eigenvalue weighted by Gasteiger charge is 2.36. The Morgan fingerprint density at radius 1 is 1.30 bits per heavy atom. The van der Waals surface area contributed by atoms with E-state index in [4.69, 9.17) is 23.2 Å². The molecular weight excluding hydrogens is 385 g/mol. The summed E-state index contributed by atoms with van der Waals surface area (Å²) < 4.78 is 28.1. The standard InChI is InChI=1S/C13H16BrCl2NO2S/c1-2-13(4-3-5-13)8-17-20(18,19)12-10(15)6-9(14)7-11(12)16/h6-7,17H,2-5,8H2,1H3. The molecule has 1 N–H and O–H groups in total. The molecule has 2 rings (SSSR count). The number of hydrogen-bond donors (Lipinski definition) is 1. The van der Waals surface area contributed by atoms with Gasteiger partial charge in [0, 0.05) is 11.0 Å². The zero-order valence-corrected chi connectivity index (χ0v) is 15.0. The van der Waals surface area contributed by atoms with Crippen LogP contribution >= 0.6 is 39.1 Å². The van der Waals surface area contributed by atoms with Crippen molar-refractivity contribution in [2.45, 2.75) is 37.5 Å². The van der Waals surface area contributed by atoms with E-state index in [1.165, 1.54) is 12.1 Å². The number of nitrogens with one attached hydrogen (secondary N) is 1. The Kier molecular flexibility index (Phi) is 5.07. The highest BCUT2D eigenvalue weighted by molar-refractivity contribution is 9.10. The van der Waals surface area contributed by atoms with E-state index in [-0.39, 0.29) is 20.4 Å². The van der Waals surface area contributed by atoms with E-state index in [2.05, 4.69) is 27.6 Å². The summed E-state index contributed by atoms with van der Waals surface area (Å²) in [5.41, 5.74) is 0.0986. The van der Waals surface area contributed by atoms with Crippen molar-refractivity contribution in [1.29, 1.82) is 0 Å². The Hall–Kier alpha value is 0.190. The molecule has 0 bridgehead atoms. The van der Waals surface area contributed by atoms with Crippen LogP contribution in [0.15, 0.2) is 21.5 Å². The summed E-state index contributed by atoms with van der Waals surface area (Å²) in [5.74, 6) is 0. The average Bonchev–Trinajstić information content (AvgIpc) is 2.25. The lowest BCUT2D eigenvalue weighted by Crippen LogP contribution is -2.41. The molecule has 0 spiro atoms. The van der Waals surface area contributed by atoms with Crippen LogP contribution in [0, 0.1) is 5.41 Å². The van der Waals surface area contributed by atoms with Gasteiger partial charge in [0.25, 0.3) is 0 Å². The molecule has 0 atom stereocenters. The van der Waals surface area contributed by atoms with E-state index in [1.807, 2.05) is 0 Å². The van der Waals surface area contributed by atoms with Crippen molar-refractivity contribution >= 4 is 49.2 Å². The Balaban J connectivity index is 2.23. The first-order valence-corrected chi connectivity index (χ1v) is 9.47. The fourth-order valence-corrected chi connectivity index (χ4v) is 5.53. The van der Waals surface area contributed by atoms with E-state index in [0.29, 0.717) is 11.0 Å². The Morgan fingerprint density at radius 2 is 1.85 bits per heavy atom. The second-order valence-electron chi connectivity index (χ2n) is 5.23. The lowest BCUT2D eigenvalue weighted by molar-refractivity contribution is 0.133. The molecule has 0 heterocycles. The van der Waals surface area contributed by atoms with Gasteiger partial charge in [-0.25, -0.2) is 13.1 Å². The van der Waals surface area contributed by atoms with Crippen molar-refractivity contribution in [2.24, 2.45) is 5.41 Å². The monoisotopic (exact) mass is 399 g/mol. The molecule has 1 aliphatic rings. The fraction of sp³-hybridized carbons (Fsp3) is 0.538. The SMILES string of the molecule is CCC1(CNS(=O)(=O)c2c(Cl)cc(Br)cc2Cl)CCC1. The maximum Gasteiger partial charge on any atom is 0.243 e. The number of halogens is 3. The van der Waals surface area contributed by atoms with Gasteiger partial charge in [-0.2, -0.15) is 0 Å². The van der Waals surface area contributed by atoms with Crippen molar-refractivity contribution in [3.8, 4) is 0 Å². The third kappa shape index (κ3) is 3.33. The molecule has 1 saturated carbocycles. The zero-order valence-electron chi connectivity index (χ0n) is 11.0. The van der Waals surface area contributed by atoms with Gasteiger partial charge in [0.05, 0.1) is 10.0 Å². The summed E-state index contributed by atoms with van der Waals surface area (Å²) in [5, 5.41) is 0.243. The summed E-state index contributed by atoms with van der Waals surface area (Å²) in [6.45, 7) is 2.53. The van der Waals surface area contributed by atoms with E-state index in [9.17, 15) is 8.42 Å². The second-order valence-corrected chi connectivity index (χ2v) is 8.66. The van der Waals surface area contributed by atoms with Crippen molar-refractivity contribution in [2.75, 3.05) is 6.54 Å². The molecule has 0 unspecified atom stereocenters. The number of benzene rings is 1. The quantitative estimate of drug-likeness (QED) is 0.783. The van der Waals surface area contributed by atoms with Gasteiger partial charge < -0.3 is 0 Å². The minimum atomic E-state index is -3.69. The first kappa shape index (κ1) is 16.6. The Labute approximate surface area is 138 Å². The van der Waals surface area contributed by atoms with Crippen LogP contribution in [0.25, 0.3) is 0 Å². The molecule has 1 aromatic carbocycles. The molecule has 0 aromatic heterocycles. The van der Waals surface area contributed by atoms with Crippen LogP contribution in [0.2, 0.25) is 10.0 Å². The molecule has 0 aliphatic heterocycles. The van der Waals surface area contributed by atoms with Crippen LogP contribution < -0.4 is 4.72 Å². The first-order chi connectivity index (χ1) is 9.30. The van der Waals surface area contributed by atoms with Crippen molar-refractivity contribution in [1.82, 2.24) is 4.72 Å².